The first-order chi connectivity index (χ1) is 17.3. The van der Waals surface area contributed by atoms with Gasteiger partial charge in [0, 0.05) is 44.1 Å². The summed E-state index contributed by atoms with van der Waals surface area (Å²) < 4.78 is 5.36. The number of hydrogen-bond donors (Lipinski definition) is 4. The van der Waals surface area contributed by atoms with E-state index in [4.69, 9.17) is 21.7 Å². The number of nitrogens with one attached hydrogen (secondary N) is 2. The third-order valence-electron chi connectivity index (χ3n) is 5.05. The Kier molecular flexibility index (Phi) is 15.5. The molecule has 0 saturated carbocycles. The zero-order chi connectivity index (χ0) is 26.6. The molecule has 0 saturated heterocycles. The van der Waals surface area contributed by atoms with Crippen molar-refractivity contribution in [1.29, 1.82) is 0 Å². The summed E-state index contributed by atoms with van der Waals surface area (Å²) >= 11 is 0. The molecule has 0 aliphatic carbocycles. The average Bonchev–Trinajstić information content (AvgIpc) is 2.86. The van der Waals surface area contributed by atoms with Gasteiger partial charge >= 0.3 is 6.09 Å². The number of azide groups is 1. The van der Waals surface area contributed by atoms with Crippen LogP contribution in [0.25, 0.3) is 10.4 Å². The minimum atomic E-state index is -0.948. The number of ether oxygens (including phenoxy) is 1. The minimum absolute atomic E-state index is 0.107. The van der Waals surface area contributed by atoms with Crippen molar-refractivity contribution in [1.82, 2.24) is 15.5 Å². The molecule has 0 aliphatic rings. The molecule has 13 heteroatoms. The second-order valence-corrected chi connectivity index (χ2v) is 8.06. The Morgan fingerprint density at radius 2 is 1.72 bits per heavy atom. The molecule has 6 N–H and O–H groups in total. The van der Waals surface area contributed by atoms with Gasteiger partial charge in [-0.05, 0) is 36.8 Å². The van der Waals surface area contributed by atoms with E-state index in [2.05, 4.69) is 20.7 Å². The van der Waals surface area contributed by atoms with Gasteiger partial charge in [0.1, 0.15) is 6.61 Å². The molecule has 0 heterocycles. The highest BCUT2D eigenvalue weighted by Gasteiger charge is 2.17. The Labute approximate surface area is 210 Å². The molecule has 13 nitrogen and oxygen atoms in total. The molecule has 0 aliphatic heterocycles. The van der Waals surface area contributed by atoms with Gasteiger partial charge in [-0.2, -0.15) is 0 Å². The van der Waals surface area contributed by atoms with Crippen LogP contribution >= 0.6 is 0 Å². The van der Waals surface area contributed by atoms with E-state index in [9.17, 15) is 19.2 Å². The van der Waals surface area contributed by atoms with Gasteiger partial charge in [-0.15, -0.1) is 0 Å². The predicted octanol–water partition coefficient (Wildman–Crippen LogP) is 1.32. The van der Waals surface area contributed by atoms with E-state index in [0.29, 0.717) is 38.9 Å². The number of hydrogen-bond acceptors (Lipinski definition) is 7. The number of primary amides is 1. The smallest absolute Gasteiger partial charge is 0.410 e. The van der Waals surface area contributed by atoms with Crippen molar-refractivity contribution >= 4 is 23.8 Å². The molecule has 1 aromatic rings. The van der Waals surface area contributed by atoms with Gasteiger partial charge in [0.15, 0.2) is 0 Å². The van der Waals surface area contributed by atoms with Crippen molar-refractivity contribution in [3.63, 3.8) is 0 Å². The lowest BCUT2D eigenvalue weighted by Crippen LogP contribution is -2.43. The maximum Gasteiger partial charge on any atom is 0.410 e. The van der Waals surface area contributed by atoms with Crippen molar-refractivity contribution in [2.45, 2.75) is 51.2 Å². The molecular weight excluding hydrogens is 468 g/mol. The summed E-state index contributed by atoms with van der Waals surface area (Å²) in [7, 11) is 0. The Morgan fingerprint density at radius 1 is 1.03 bits per heavy atom. The number of benzene rings is 1. The van der Waals surface area contributed by atoms with Gasteiger partial charge in [-0.1, -0.05) is 35.4 Å². The molecular formula is C23H36N8O5. The van der Waals surface area contributed by atoms with Crippen molar-refractivity contribution < 1.29 is 23.9 Å². The number of rotatable bonds is 18. The number of nitrogens with two attached hydrogens (primary N) is 2. The van der Waals surface area contributed by atoms with Crippen LogP contribution in [0.2, 0.25) is 0 Å². The molecule has 0 spiro atoms. The number of carbonyl (C=O) groups excluding carboxylic acids is 4. The second kappa shape index (κ2) is 18.5. The fourth-order valence-electron chi connectivity index (χ4n) is 3.11. The first-order valence-corrected chi connectivity index (χ1v) is 11.9. The number of nitrogens with zero attached hydrogens (tertiary/aromatic N) is 4. The molecule has 0 unspecified atom stereocenters. The van der Waals surface area contributed by atoms with Crippen LogP contribution in [0.15, 0.2) is 35.4 Å². The first kappa shape index (κ1) is 30.2. The summed E-state index contributed by atoms with van der Waals surface area (Å²) in [5.41, 5.74) is 19.8. The topological polar surface area (TPSA) is 206 Å². The summed E-state index contributed by atoms with van der Waals surface area (Å²) in [5.74, 6) is -1.25. The molecule has 4 amide bonds. The van der Waals surface area contributed by atoms with Crippen molar-refractivity contribution in [2.24, 2.45) is 16.6 Å². The number of amides is 4. The quantitative estimate of drug-likeness (QED) is 0.100. The lowest BCUT2D eigenvalue weighted by molar-refractivity contribution is -0.126. The summed E-state index contributed by atoms with van der Waals surface area (Å²) in [5, 5.41) is 8.92. The Morgan fingerprint density at radius 3 is 2.39 bits per heavy atom. The van der Waals surface area contributed by atoms with Crippen LogP contribution in [0.1, 0.15) is 44.1 Å². The minimum Gasteiger partial charge on any atom is -0.445 e. The molecule has 0 aromatic heterocycles. The molecule has 198 valence electrons. The monoisotopic (exact) mass is 504 g/mol. The van der Waals surface area contributed by atoms with Gasteiger partial charge in [-0.3, -0.25) is 14.4 Å². The summed E-state index contributed by atoms with van der Waals surface area (Å²) in [6, 6.07) is 8.32. The zero-order valence-corrected chi connectivity index (χ0v) is 20.4. The van der Waals surface area contributed by atoms with Gasteiger partial charge in [-0.25, -0.2) is 4.79 Å². The average molecular weight is 505 g/mol. The number of carbonyl (C=O) groups is 4. The molecule has 1 aromatic carbocycles. The first-order valence-electron chi connectivity index (χ1n) is 11.9. The Balaban J connectivity index is 2.28. The number of unbranched alkanes of at least 4 members (excludes halogenated alkanes) is 2. The maximum atomic E-state index is 12.5. The van der Waals surface area contributed by atoms with Gasteiger partial charge in [0.25, 0.3) is 0 Å². The lowest BCUT2D eigenvalue weighted by atomic mass is 10.2. The molecule has 0 bridgehead atoms. The largest absolute Gasteiger partial charge is 0.445 e. The van der Waals surface area contributed by atoms with E-state index >= 15 is 0 Å². The summed E-state index contributed by atoms with van der Waals surface area (Å²) in [4.78, 5) is 51.3. The van der Waals surface area contributed by atoms with Crippen LogP contribution in [-0.4, -0.2) is 67.5 Å². The van der Waals surface area contributed by atoms with Crippen LogP contribution < -0.4 is 22.1 Å². The van der Waals surface area contributed by atoms with Crippen LogP contribution in [0.4, 0.5) is 4.79 Å². The third-order valence-corrected chi connectivity index (χ3v) is 5.05. The van der Waals surface area contributed by atoms with Gasteiger partial charge in [0.05, 0.1) is 12.5 Å². The van der Waals surface area contributed by atoms with E-state index in [1.54, 1.807) is 0 Å². The molecule has 1 rings (SSSR count). The van der Waals surface area contributed by atoms with Crippen LogP contribution in [0.5, 0.6) is 0 Å². The van der Waals surface area contributed by atoms with Crippen LogP contribution in [0, 0.1) is 0 Å². The molecule has 1 atom stereocenters. The molecule has 0 radical (unpaired) electrons. The normalized spacial score (nSPS) is 11.0. The second-order valence-electron chi connectivity index (χ2n) is 8.06. The fraction of sp³-hybridized carbons (Fsp3) is 0.565. The Hall–Kier alpha value is -3.83. The van der Waals surface area contributed by atoms with E-state index in [0.717, 1.165) is 12.0 Å². The standard InChI is InChI=1S/C23H36N8O5/c24-19(16-20(25)32)22(34)28-12-6-2-5-11-27-21(33)10-15-31(14-7-13-29-30-26)23(35)36-17-18-8-3-1-4-9-18/h1,3-4,8-9,19H,2,5-7,10-17,24H2,(H2,25,32)(H,27,33)(H,28,34)/t19-/m1/s1. The van der Waals surface area contributed by atoms with Crippen LogP contribution in [0.3, 0.4) is 0 Å². The highest BCUT2D eigenvalue weighted by Crippen LogP contribution is 2.05. The fourth-order valence-corrected chi connectivity index (χ4v) is 3.11. The van der Waals surface area contributed by atoms with E-state index in [1.807, 2.05) is 30.3 Å². The Bertz CT molecular complexity index is 877. The van der Waals surface area contributed by atoms with E-state index in [1.165, 1.54) is 4.90 Å². The summed E-state index contributed by atoms with van der Waals surface area (Å²) in [6.07, 6.45) is 1.99. The maximum absolute atomic E-state index is 12.5. The highest BCUT2D eigenvalue weighted by atomic mass is 16.6. The highest BCUT2D eigenvalue weighted by molar-refractivity contribution is 5.87. The van der Waals surface area contributed by atoms with Gasteiger partial charge in [0.2, 0.25) is 17.7 Å². The van der Waals surface area contributed by atoms with Crippen LogP contribution in [-0.2, 0) is 25.7 Å². The SMILES string of the molecule is [N-]=[N+]=NCCCN(CCC(=O)NCCCCCNC(=O)[C@H](N)CC(N)=O)C(=O)OCc1ccccc1. The van der Waals surface area contributed by atoms with Crippen molar-refractivity contribution in [3.8, 4) is 0 Å². The third kappa shape index (κ3) is 14.4. The van der Waals surface area contributed by atoms with E-state index in [-0.39, 0.29) is 38.4 Å². The zero-order valence-electron chi connectivity index (χ0n) is 20.4. The molecule has 0 fully saturated rings. The predicted molar refractivity (Wildman–Crippen MR) is 133 cm³/mol. The van der Waals surface area contributed by atoms with Crippen molar-refractivity contribution in [3.05, 3.63) is 46.3 Å². The van der Waals surface area contributed by atoms with Gasteiger partial charge < -0.3 is 31.7 Å². The van der Waals surface area contributed by atoms with E-state index < -0.39 is 23.9 Å². The van der Waals surface area contributed by atoms with Crippen molar-refractivity contribution in [2.75, 3.05) is 32.7 Å². The summed E-state index contributed by atoms with van der Waals surface area (Å²) in [6.45, 7) is 1.71. The molecule has 36 heavy (non-hydrogen) atoms. The lowest BCUT2D eigenvalue weighted by Gasteiger charge is -2.21.